The zero-order valence-corrected chi connectivity index (χ0v) is 8.64. The van der Waals surface area contributed by atoms with Crippen molar-refractivity contribution in [3.63, 3.8) is 0 Å². The number of carbonyl (C=O) groups is 2. The van der Waals surface area contributed by atoms with Crippen molar-refractivity contribution in [2.45, 2.75) is 13.3 Å². The first-order chi connectivity index (χ1) is 7.11. The summed E-state index contributed by atoms with van der Waals surface area (Å²) in [4.78, 5) is 23.0. The molecule has 0 atom stereocenters. The number of hydrogen-bond acceptors (Lipinski definition) is 2. The van der Waals surface area contributed by atoms with Crippen molar-refractivity contribution in [1.82, 2.24) is 4.90 Å². The number of nitrogens with zero attached hydrogens (tertiary/aromatic N) is 1. The first-order valence-corrected chi connectivity index (χ1v) is 4.72. The van der Waals surface area contributed by atoms with Crippen molar-refractivity contribution in [3.05, 3.63) is 35.9 Å². The molecule has 4 nitrogen and oxygen atoms in total. The fourth-order valence-corrected chi connectivity index (χ4v) is 1.31. The third-order valence-electron chi connectivity index (χ3n) is 2.11. The van der Waals surface area contributed by atoms with Crippen LogP contribution in [0.1, 0.15) is 12.5 Å². The number of primary amides is 1. The second kappa shape index (κ2) is 5.14. The van der Waals surface area contributed by atoms with E-state index in [1.54, 1.807) is 0 Å². The highest BCUT2D eigenvalue weighted by Gasteiger charge is 2.13. The predicted molar refractivity (Wildman–Crippen MR) is 57.1 cm³/mol. The summed E-state index contributed by atoms with van der Waals surface area (Å²) < 4.78 is 0. The van der Waals surface area contributed by atoms with Gasteiger partial charge in [0.25, 0.3) is 0 Å². The summed E-state index contributed by atoms with van der Waals surface area (Å²) in [5, 5.41) is 0. The smallest absolute Gasteiger partial charge is 0.321 e. The lowest BCUT2D eigenvalue weighted by Crippen LogP contribution is -2.40. The minimum atomic E-state index is -0.696. The lowest BCUT2D eigenvalue weighted by Gasteiger charge is -2.15. The molecule has 0 aliphatic rings. The van der Waals surface area contributed by atoms with Crippen LogP contribution in [0.4, 0.5) is 4.79 Å². The Kier molecular flexibility index (Phi) is 3.85. The predicted octanol–water partition coefficient (Wildman–Crippen LogP) is 1.16. The SMILES string of the molecule is CC(=O)N(CCc1ccccc1)C(N)=O. The molecule has 0 bridgehead atoms. The molecule has 4 heteroatoms. The zero-order chi connectivity index (χ0) is 11.3. The summed E-state index contributed by atoms with van der Waals surface area (Å²) in [6, 6.07) is 8.94. The van der Waals surface area contributed by atoms with E-state index < -0.39 is 6.03 Å². The Balaban J connectivity index is 2.55. The van der Waals surface area contributed by atoms with Gasteiger partial charge in [0.1, 0.15) is 0 Å². The number of nitrogens with two attached hydrogens (primary N) is 1. The summed E-state index contributed by atoms with van der Waals surface area (Å²) >= 11 is 0. The van der Waals surface area contributed by atoms with E-state index in [0.717, 1.165) is 10.5 Å². The minimum absolute atomic E-state index is 0.321. The van der Waals surface area contributed by atoms with Gasteiger partial charge in [0.05, 0.1) is 0 Å². The van der Waals surface area contributed by atoms with Gasteiger partial charge in [0.15, 0.2) is 0 Å². The normalized spacial score (nSPS) is 9.67. The molecule has 0 spiro atoms. The van der Waals surface area contributed by atoms with Crippen LogP contribution in [0, 0.1) is 0 Å². The van der Waals surface area contributed by atoms with Crippen LogP contribution >= 0.6 is 0 Å². The zero-order valence-electron chi connectivity index (χ0n) is 8.64. The molecule has 0 aromatic heterocycles. The molecule has 0 aliphatic carbocycles. The largest absolute Gasteiger partial charge is 0.351 e. The topological polar surface area (TPSA) is 63.4 Å². The van der Waals surface area contributed by atoms with E-state index in [2.05, 4.69) is 0 Å². The number of hydrogen-bond donors (Lipinski definition) is 1. The van der Waals surface area contributed by atoms with Crippen LogP contribution in [-0.4, -0.2) is 23.4 Å². The van der Waals surface area contributed by atoms with Gasteiger partial charge in [-0.05, 0) is 12.0 Å². The summed E-state index contributed by atoms with van der Waals surface area (Å²) in [5.41, 5.74) is 6.14. The molecular weight excluding hydrogens is 192 g/mol. The van der Waals surface area contributed by atoms with Crippen LogP contribution < -0.4 is 5.73 Å². The third kappa shape index (κ3) is 3.42. The maximum absolute atomic E-state index is 11.0. The Morgan fingerprint density at radius 3 is 2.33 bits per heavy atom. The van der Waals surface area contributed by atoms with Crippen molar-refractivity contribution >= 4 is 11.9 Å². The average molecular weight is 206 g/mol. The highest BCUT2D eigenvalue weighted by atomic mass is 16.2. The van der Waals surface area contributed by atoms with Crippen molar-refractivity contribution in [2.24, 2.45) is 5.73 Å². The van der Waals surface area contributed by atoms with Gasteiger partial charge >= 0.3 is 6.03 Å². The van der Waals surface area contributed by atoms with E-state index in [9.17, 15) is 9.59 Å². The molecule has 3 amide bonds. The first kappa shape index (κ1) is 11.2. The van der Waals surface area contributed by atoms with E-state index in [-0.39, 0.29) is 5.91 Å². The maximum atomic E-state index is 11.0. The van der Waals surface area contributed by atoms with Crippen molar-refractivity contribution in [2.75, 3.05) is 6.54 Å². The quantitative estimate of drug-likeness (QED) is 0.806. The van der Waals surface area contributed by atoms with Crippen LogP contribution in [0.3, 0.4) is 0 Å². The molecule has 80 valence electrons. The number of amides is 3. The Hall–Kier alpha value is -1.84. The molecule has 15 heavy (non-hydrogen) atoms. The summed E-state index contributed by atoms with van der Waals surface area (Å²) in [6.45, 7) is 1.66. The fraction of sp³-hybridized carbons (Fsp3) is 0.273. The molecule has 0 saturated heterocycles. The van der Waals surface area contributed by atoms with Gasteiger partial charge in [-0.3, -0.25) is 9.69 Å². The molecule has 1 aromatic rings. The molecule has 2 N–H and O–H groups in total. The molecule has 0 unspecified atom stereocenters. The van der Waals surface area contributed by atoms with Gasteiger partial charge in [-0.25, -0.2) is 4.79 Å². The Morgan fingerprint density at radius 2 is 1.87 bits per heavy atom. The molecule has 0 aliphatic heterocycles. The molecule has 1 rings (SSSR count). The van der Waals surface area contributed by atoms with Crippen LogP contribution in [-0.2, 0) is 11.2 Å². The number of benzene rings is 1. The van der Waals surface area contributed by atoms with Crippen LogP contribution in [0.2, 0.25) is 0 Å². The van der Waals surface area contributed by atoms with Gasteiger partial charge in [-0.2, -0.15) is 0 Å². The van der Waals surface area contributed by atoms with Crippen molar-refractivity contribution < 1.29 is 9.59 Å². The van der Waals surface area contributed by atoms with Gasteiger partial charge in [-0.15, -0.1) is 0 Å². The Bertz CT molecular complexity index is 335. The van der Waals surface area contributed by atoms with Crippen LogP contribution in [0.5, 0.6) is 0 Å². The van der Waals surface area contributed by atoms with Crippen LogP contribution in [0.15, 0.2) is 30.3 Å². The molecular formula is C11H14N2O2. The number of carbonyl (C=O) groups excluding carboxylic acids is 2. The molecule has 0 saturated carbocycles. The van der Waals surface area contributed by atoms with Gasteiger partial charge in [-0.1, -0.05) is 30.3 Å². The second-order valence-corrected chi connectivity index (χ2v) is 3.24. The Labute approximate surface area is 88.7 Å². The summed E-state index contributed by atoms with van der Waals surface area (Å²) in [6.07, 6.45) is 0.628. The number of imide groups is 1. The van der Waals surface area contributed by atoms with E-state index >= 15 is 0 Å². The molecule has 0 fully saturated rings. The fourth-order valence-electron chi connectivity index (χ4n) is 1.31. The van der Waals surface area contributed by atoms with Crippen molar-refractivity contribution in [1.29, 1.82) is 0 Å². The standard InChI is InChI=1S/C11H14N2O2/c1-9(14)13(11(12)15)8-7-10-5-3-2-4-6-10/h2-6H,7-8H2,1H3,(H2,12,15). The summed E-state index contributed by atoms with van der Waals surface area (Å²) in [5.74, 6) is -0.321. The maximum Gasteiger partial charge on any atom is 0.321 e. The van der Waals surface area contributed by atoms with E-state index in [1.807, 2.05) is 30.3 Å². The van der Waals surface area contributed by atoms with Crippen molar-refractivity contribution in [3.8, 4) is 0 Å². The summed E-state index contributed by atoms with van der Waals surface area (Å²) in [7, 11) is 0. The highest BCUT2D eigenvalue weighted by Crippen LogP contribution is 2.01. The lowest BCUT2D eigenvalue weighted by molar-refractivity contribution is -0.125. The highest BCUT2D eigenvalue weighted by molar-refractivity contribution is 5.92. The average Bonchev–Trinajstić information content (AvgIpc) is 2.18. The van der Waals surface area contributed by atoms with E-state index in [1.165, 1.54) is 6.92 Å². The second-order valence-electron chi connectivity index (χ2n) is 3.24. The van der Waals surface area contributed by atoms with Gasteiger partial charge < -0.3 is 5.73 Å². The number of rotatable bonds is 3. The minimum Gasteiger partial charge on any atom is -0.351 e. The Morgan fingerprint density at radius 1 is 1.27 bits per heavy atom. The van der Waals surface area contributed by atoms with E-state index in [4.69, 9.17) is 5.73 Å². The molecule has 0 radical (unpaired) electrons. The van der Waals surface area contributed by atoms with Gasteiger partial charge in [0, 0.05) is 13.5 Å². The first-order valence-electron chi connectivity index (χ1n) is 4.72. The van der Waals surface area contributed by atoms with E-state index in [0.29, 0.717) is 13.0 Å². The van der Waals surface area contributed by atoms with Gasteiger partial charge in [0.2, 0.25) is 5.91 Å². The van der Waals surface area contributed by atoms with Crippen LogP contribution in [0.25, 0.3) is 0 Å². The lowest BCUT2D eigenvalue weighted by atomic mass is 10.1. The molecule has 1 aromatic carbocycles. The third-order valence-corrected chi connectivity index (χ3v) is 2.11. The monoisotopic (exact) mass is 206 g/mol. The number of urea groups is 1. The molecule has 0 heterocycles.